The number of aryl methyl sites for hydroxylation is 1. The molecule has 1 atom stereocenters. The zero-order valence-electron chi connectivity index (χ0n) is 8.13. The Labute approximate surface area is 78.9 Å². The lowest BCUT2D eigenvalue weighted by atomic mass is 10.1. The topological polar surface area (TPSA) is 21.3 Å². The van der Waals surface area contributed by atoms with E-state index in [1.165, 1.54) is 11.1 Å². The standard InChI is InChI=1S/C11H15NO/c1-3-12-10-7-13-11-6-8(2)4-5-9(10)11/h4-6,10,12H,3,7H2,1-2H3. The Hall–Kier alpha value is -1.02. The highest BCUT2D eigenvalue weighted by Gasteiger charge is 2.22. The van der Waals surface area contributed by atoms with E-state index >= 15 is 0 Å². The van der Waals surface area contributed by atoms with E-state index < -0.39 is 0 Å². The molecule has 1 N–H and O–H groups in total. The Kier molecular flexibility index (Phi) is 2.23. The van der Waals surface area contributed by atoms with Gasteiger partial charge in [0, 0.05) is 5.56 Å². The van der Waals surface area contributed by atoms with Crippen LogP contribution in [0.3, 0.4) is 0 Å². The van der Waals surface area contributed by atoms with Crippen LogP contribution in [0.2, 0.25) is 0 Å². The third-order valence-corrected chi connectivity index (χ3v) is 2.40. The average Bonchev–Trinajstić information content (AvgIpc) is 2.49. The molecular formula is C11H15NO. The van der Waals surface area contributed by atoms with Crippen molar-refractivity contribution in [2.45, 2.75) is 19.9 Å². The number of fused-ring (bicyclic) bond motifs is 1. The van der Waals surface area contributed by atoms with E-state index in [1.807, 2.05) is 0 Å². The van der Waals surface area contributed by atoms with Gasteiger partial charge in [0.2, 0.25) is 0 Å². The lowest BCUT2D eigenvalue weighted by molar-refractivity contribution is 0.313. The molecule has 2 heteroatoms. The number of hydrogen-bond acceptors (Lipinski definition) is 2. The normalized spacial score (nSPS) is 19.7. The summed E-state index contributed by atoms with van der Waals surface area (Å²) >= 11 is 0. The van der Waals surface area contributed by atoms with Crippen molar-refractivity contribution >= 4 is 0 Å². The first-order valence-corrected chi connectivity index (χ1v) is 4.78. The van der Waals surface area contributed by atoms with E-state index in [0.717, 1.165) is 18.9 Å². The van der Waals surface area contributed by atoms with Crippen molar-refractivity contribution in [2.75, 3.05) is 13.2 Å². The van der Waals surface area contributed by atoms with Crippen LogP contribution in [0, 0.1) is 6.92 Å². The van der Waals surface area contributed by atoms with Gasteiger partial charge in [-0.1, -0.05) is 19.1 Å². The molecule has 2 nitrogen and oxygen atoms in total. The molecule has 0 spiro atoms. The molecule has 1 unspecified atom stereocenters. The summed E-state index contributed by atoms with van der Waals surface area (Å²) in [6.45, 7) is 5.96. The summed E-state index contributed by atoms with van der Waals surface area (Å²) in [7, 11) is 0. The summed E-state index contributed by atoms with van der Waals surface area (Å²) in [4.78, 5) is 0. The Morgan fingerprint density at radius 3 is 3.15 bits per heavy atom. The molecule has 0 bridgehead atoms. The Morgan fingerprint density at radius 2 is 2.38 bits per heavy atom. The minimum absolute atomic E-state index is 0.389. The van der Waals surface area contributed by atoms with E-state index in [-0.39, 0.29) is 0 Å². The molecular weight excluding hydrogens is 162 g/mol. The van der Waals surface area contributed by atoms with Crippen LogP contribution < -0.4 is 10.1 Å². The minimum atomic E-state index is 0.389. The SMILES string of the molecule is CCNC1COc2cc(C)ccc21. The van der Waals surface area contributed by atoms with Gasteiger partial charge in [0.25, 0.3) is 0 Å². The van der Waals surface area contributed by atoms with E-state index in [1.54, 1.807) is 0 Å². The molecule has 0 saturated carbocycles. The highest BCUT2D eigenvalue weighted by atomic mass is 16.5. The molecule has 0 saturated heterocycles. The van der Waals surface area contributed by atoms with Crippen molar-refractivity contribution in [3.05, 3.63) is 29.3 Å². The van der Waals surface area contributed by atoms with Crippen LogP contribution in [0.5, 0.6) is 5.75 Å². The summed E-state index contributed by atoms with van der Waals surface area (Å²) in [5, 5.41) is 3.40. The molecule has 0 fully saturated rings. The van der Waals surface area contributed by atoms with Crippen LogP contribution >= 0.6 is 0 Å². The molecule has 0 amide bonds. The third kappa shape index (κ3) is 1.54. The lowest BCUT2D eigenvalue weighted by Crippen LogP contribution is -2.21. The van der Waals surface area contributed by atoms with Gasteiger partial charge in [0.15, 0.2) is 0 Å². The highest BCUT2D eigenvalue weighted by Crippen LogP contribution is 2.32. The first-order valence-electron chi connectivity index (χ1n) is 4.78. The van der Waals surface area contributed by atoms with Gasteiger partial charge in [-0.2, -0.15) is 0 Å². The summed E-state index contributed by atoms with van der Waals surface area (Å²) in [5.74, 6) is 1.05. The maximum Gasteiger partial charge on any atom is 0.124 e. The van der Waals surface area contributed by atoms with Gasteiger partial charge in [-0.05, 0) is 25.1 Å². The van der Waals surface area contributed by atoms with E-state index in [9.17, 15) is 0 Å². The fraction of sp³-hybridized carbons (Fsp3) is 0.455. The van der Waals surface area contributed by atoms with Crippen molar-refractivity contribution in [1.29, 1.82) is 0 Å². The second-order valence-electron chi connectivity index (χ2n) is 3.46. The van der Waals surface area contributed by atoms with E-state index in [2.05, 4.69) is 37.4 Å². The van der Waals surface area contributed by atoms with Gasteiger partial charge in [-0.3, -0.25) is 0 Å². The summed E-state index contributed by atoms with van der Waals surface area (Å²) in [6.07, 6.45) is 0. The smallest absolute Gasteiger partial charge is 0.124 e. The maximum atomic E-state index is 5.58. The zero-order valence-corrected chi connectivity index (χ0v) is 8.13. The molecule has 2 rings (SSSR count). The van der Waals surface area contributed by atoms with Gasteiger partial charge < -0.3 is 10.1 Å². The van der Waals surface area contributed by atoms with Crippen LogP contribution in [0.4, 0.5) is 0 Å². The second-order valence-corrected chi connectivity index (χ2v) is 3.46. The van der Waals surface area contributed by atoms with Crippen LogP contribution in [-0.2, 0) is 0 Å². The monoisotopic (exact) mass is 177 g/mol. The van der Waals surface area contributed by atoms with E-state index in [0.29, 0.717) is 6.04 Å². The van der Waals surface area contributed by atoms with Crippen molar-refractivity contribution in [2.24, 2.45) is 0 Å². The van der Waals surface area contributed by atoms with Crippen LogP contribution in [0.15, 0.2) is 18.2 Å². The van der Waals surface area contributed by atoms with Gasteiger partial charge in [0.05, 0.1) is 6.04 Å². The third-order valence-electron chi connectivity index (χ3n) is 2.40. The number of nitrogens with one attached hydrogen (secondary N) is 1. The molecule has 1 aromatic rings. The Bertz CT molecular complexity index is 309. The van der Waals surface area contributed by atoms with Crippen LogP contribution in [-0.4, -0.2) is 13.2 Å². The van der Waals surface area contributed by atoms with Crippen molar-refractivity contribution < 1.29 is 4.74 Å². The van der Waals surface area contributed by atoms with Crippen LogP contribution in [0.1, 0.15) is 24.1 Å². The number of likely N-dealkylation sites (N-methyl/N-ethyl adjacent to an activating group) is 1. The Morgan fingerprint density at radius 1 is 1.54 bits per heavy atom. The molecule has 0 radical (unpaired) electrons. The lowest BCUT2D eigenvalue weighted by Gasteiger charge is -2.08. The quantitative estimate of drug-likeness (QED) is 0.746. The number of hydrogen-bond donors (Lipinski definition) is 1. The number of benzene rings is 1. The van der Waals surface area contributed by atoms with Gasteiger partial charge in [0.1, 0.15) is 12.4 Å². The highest BCUT2D eigenvalue weighted by molar-refractivity contribution is 5.42. The number of ether oxygens (including phenoxy) is 1. The minimum Gasteiger partial charge on any atom is -0.491 e. The molecule has 1 aliphatic rings. The first-order chi connectivity index (χ1) is 6.31. The molecule has 1 aliphatic heterocycles. The van der Waals surface area contributed by atoms with Crippen molar-refractivity contribution in [3.63, 3.8) is 0 Å². The summed E-state index contributed by atoms with van der Waals surface area (Å²) in [5.41, 5.74) is 2.56. The molecule has 0 aromatic heterocycles. The fourth-order valence-electron chi connectivity index (χ4n) is 1.73. The van der Waals surface area contributed by atoms with Crippen molar-refractivity contribution in [1.82, 2.24) is 5.32 Å². The molecule has 0 aliphatic carbocycles. The summed E-state index contributed by atoms with van der Waals surface area (Å²) < 4.78 is 5.58. The predicted octanol–water partition coefficient (Wildman–Crippen LogP) is 2.04. The predicted molar refractivity (Wildman–Crippen MR) is 53.1 cm³/mol. The van der Waals surface area contributed by atoms with Gasteiger partial charge in [-0.25, -0.2) is 0 Å². The van der Waals surface area contributed by atoms with Crippen LogP contribution in [0.25, 0.3) is 0 Å². The first kappa shape index (κ1) is 8.57. The van der Waals surface area contributed by atoms with Gasteiger partial charge >= 0.3 is 0 Å². The second kappa shape index (κ2) is 3.38. The summed E-state index contributed by atoms with van der Waals surface area (Å²) in [6, 6.07) is 6.79. The van der Waals surface area contributed by atoms with E-state index in [4.69, 9.17) is 4.74 Å². The number of rotatable bonds is 2. The molecule has 1 heterocycles. The molecule has 70 valence electrons. The van der Waals surface area contributed by atoms with Crippen molar-refractivity contribution in [3.8, 4) is 5.75 Å². The maximum absolute atomic E-state index is 5.58. The molecule has 1 aromatic carbocycles. The molecule has 13 heavy (non-hydrogen) atoms. The average molecular weight is 177 g/mol. The zero-order chi connectivity index (χ0) is 9.26. The Balaban J connectivity index is 2.27. The van der Waals surface area contributed by atoms with Gasteiger partial charge in [-0.15, -0.1) is 0 Å². The fourth-order valence-corrected chi connectivity index (χ4v) is 1.73. The largest absolute Gasteiger partial charge is 0.491 e.